The van der Waals surface area contributed by atoms with Crippen molar-refractivity contribution in [3.8, 4) is 28.7 Å². The highest BCUT2D eigenvalue weighted by atomic mass is 16.6. The maximum Gasteiger partial charge on any atom is 0.315 e. The summed E-state index contributed by atoms with van der Waals surface area (Å²) in [5, 5.41) is 32.9. The summed E-state index contributed by atoms with van der Waals surface area (Å²) in [5.74, 6) is 1.25. The molecule has 0 spiro atoms. The first-order valence-corrected chi connectivity index (χ1v) is 10.1. The second kappa shape index (κ2) is 11.9. The van der Waals surface area contributed by atoms with Crippen LogP contribution in [-0.4, -0.2) is 50.2 Å². The number of aliphatic hydroxyl groups is 2. The van der Waals surface area contributed by atoms with E-state index in [4.69, 9.17) is 23.7 Å². The molecule has 0 saturated heterocycles. The van der Waals surface area contributed by atoms with Gasteiger partial charge in [0.15, 0.2) is 17.2 Å². The summed E-state index contributed by atoms with van der Waals surface area (Å²) in [6.45, 7) is 3.58. The van der Waals surface area contributed by atoms with Crippen molar-refractivity contribution in [3.63, 3.8) is 0 Å². The predicted molar refractivity (Wildman–Crippen MR) is 121 cm³/mol. The van der Waals surface area contributed by atoms with Gasteiger partial charge < -0.3 is 33.9 Å². The molecule has 0 saturated carbocycles. The van der Waals surface area contributed by atoms with Crippen LogP contribution in [0.4, 0.5) is 5.69 Å². The quantitative estimate of drug-likeness (QED) is 0.259. The lowest BCUT2D eigenvalue weighted by atomic mass is 9.98. The maximum atomic E-state index is 11.5. The molecule has 0 aliphatic heterocycles. The molecule has 33 heavy (non-hydrogen) atoms. The fraction of sp³-hybridized carbons (Fsp3) is 0.391. The Kier molecular flexibility index (Phi) is 9.31. The number of methoxy groups -OCH3 is 4. The Morgan fingerprint density at radius 1 is 0.879 bits per heavy atom. The van der Waals surface area contributed by atoms with E-state index >= 15 is 0 Å². The molecule has 2 aromatic rings. The first kappa shape index (κ1) is 25.8. The van der Waals surface area contributed by atoms with Gasteiger partial charge in [0.05, 0.1) is 45.6 Å². The van der Waals surface area contributed by atoms with Crippen LogP contribution < -0.4 is 23.7 Å². The zero-order valence-corrected chi connectivity index (χ0v) is 19.1. The van der Waals surface area contributed by atoms with Gasteiger partial charge in [0.25, 0.3) is 0 Å². The van der Waals surface area contributed by atoms with Gasteiger partial charge in [-0.05, 0) is 42.2 Å². The minimum absolute atomic E-state index is 0.0455. The number of nitro benzene ring substituents is 1. The van der Waals surface area contributed by atoms with Crippen LogP contribution in [0.2, 0.25) is 0 Å². The predicted octanol–water partition coefficient (Wildman–Crippen LogP) is 3.74. The van der Waals surface area contributed by atoms with Crippen LogP contribution in [0.3, 0.4) is 0 Å². The van der Waals surface area contributed by atoms with E-state index in [0.29, 0.717) is 22.8 Å². The SMILES string of the molecule is C=CCOc1c(OC)cc(C(O)CCC(O)c2cc(OC)c(OC)c(OC)c2)cc1[N+](=O)[O-]. The normalized spacial score (nSPS) is 12.4. The molecule has 2 N–H and O–H groups in total. The number of ether oxygens (including phenoxy) is 5. The monoisotopic (exact) mass is 463 g/mol. The summed E-state index contributed by atoms with van der Waals surface area (Å²) in [7, 11) is 5.78. The minimum Gasteiger partial charge on any atom is -0.493 e. The van der Waals surface area contributed by atoms with Gasteiger partial charge in [0, 0.05) is 6.07 Å². The Bertz CT molecular complexity index is 952. The van der Waals surface area contributed by atoms with Gasteiger partial charge in [-0.3, -0.25) is 10.1 Å². The summed E-state index contributed by atoms with van der Waals surface area (Å²) < 4.78 is 26.5. The zero-order chi connectivity index (χ0) is 24.5. The minimum atomic E-state index is -1.09. The fourth-order valence-corrected chi connectivity index (χ4v) is 3.32. The number of hydrogen-bond donors (Lipinski definition) is 2. The third-order valence-corrected chi connectivity index (χ3v) is 4.99. The van der Waals surface area contributed by atoms with Crippen molar-refractivity contribution in [2.45, 2.75) is 25.0 Å². The van der Waals surface area contributed by atoms with Crippen LogP contribution in [-0.2, 0) is 0 Å². The van der Waals surface area contributed by atoms with Gasteiger partial charge in [-0.2, -0.15) is 0 Å². The van der Waals surface area contributed by atoms with Gasteiger partial charge in [0.2, 0.25) is 11.5 Å². The lowest BCUT2D eigenvalue weighted by molar-refractivity contribution is -0.386. The molecule has 2 aromatic carbocycles. The van der Waals surface area contributed by atoms with E-state index in [-0.39, 0.29) is 42.2 Å². The second-order valence-corrected chi connectivity index (χ2v) is 7.00. The number of benzene rings is 2. The highest BCUT2D eigenvalue weighted by molar-refractivity contribution is 5.58. The van der Waals surface area contributed by atoms with Crippen molar-refractivity contribution >= 4 is 5.69 Å². The first-order valence-electron chi connectivity index (χ1n) is 10.1. The summed E-state index contributed by atoms with van der Waals surface area (Å²) in [4.78, 5) is 10.9. The van der Waals surface area contributed by atoms with Crippen molar-refractivity contribution in [2.75, 3.05) is 35.0 Å². The van der Waals surface area contributed by atoms with E-state index < -0.39 is 17.1 Å². The summed E-state index contributed by atoms with van der Waals surface area (Å²) in [5.41, 5.74) is 0.436. The highest BCUT2D eigenvalue weighted by Gasteiger charge is 2.25. The van der Waals surface area contributed by atoms with Crippen LogP contribution in [0, 0.1) is 10.1 Å². The largest absolute Gasteiger partial charge is 0.493 e. The summed E-state index contributed by atoms with van der Waals surface area (Å²) in [6, 6.07) is 5.95. The lowest BCUT2D eigenvalue weighted by Crippen LogP contribution is -2.07. The van der Waals surface area contributed by atoms with Gasteiger partial charge in [-0.1, -0.05) is 12.7 Å². The van der Waals surface area contributed by atoms with Crippen molar-refractivity contribution in [2.24, 2.45) is 0 Å². The molecular weight excluding hydrogens is 434 g/mol. The molecule has 0 aliphatic rings. The summed E-state index contributed by atoms with van der Waals surface area (Å²) >= 11 is 0. The molecule has 0 bridgehead atoms. The lowest BCUT2D eigenvalue weighted by Gasteiger charge is -2.19. The molecule has 0 fully saturated rings. The smallest absolute Gasteiger partial charge is 0.315 e. The van der Waals surface area contributed by atoms with Crippen molar-refractivity contribution in [3.05, 3.63) is 58.2 Å². The third kappa shape index (κ3) is 6.05. The maximum absolute atomic E-state index is 11.5. The Labute approximate surface area is 192 Å². The van der Waals surface area contributed by atoms with Crippen LogP contribution in [0.1, 0.15) is 36.2 Å². The highest BCUT2D eigenvalue weighted by Crippen LogP contribution is 2.42. The Morgan fingerprint density at radius 3 is 1.73 bits per heavy atom. The number of aliphatic hydroxyl groups excluding tert-OH is 2. The van der Waals surface area contributed by atoms with Gasteiger partial charge in [0.1, 0.15) is 6.61 Å². The van der Waals surface area contributed by atoms with Gasteiger partial charge in [-0.25, -0.2) is 0 Å². The first-order chi connectivity index (χ1) is 15.8. The van der Waals surface area contributed by atoms with Crippen molar-refractivity contribution < 1.29 is 38.8 Å². The molecule has 2 unspecified atom stereocenters. The molecule has 0 aliphatic carbocycles. The van der Waals surface area contributed by atoms with Crippen molar-refractivity contribution in [1.82, 2.24) is 0 Å². The van der Waals surface area contributed by atoms with E-state index in [1.165, 1.54) is 46.6 Å². The molecule has 0 heterocycles. The molecule has 0 radical (unpaired) electrons. The third-order valence-electron chi connectivity index (χ3n) is 4.99. The Hall–Kier alpha value is -3.50. The van der Waals surface area contributed by atoms with Crippen molar-refractivity contribution in [1.29, 1.82) is 0 Å². The summed E-state index contributed by atoms with van der Waals surface area (Å²) in [6.07, 6.45) is -0.324. The van der Waals surface area contributed by atoms with Crippen LogP contribution in [0.5, 0.6) is 28.7 Å². The molecule has 2 rings (SSSR count). The van der Waals surface area contributed by atoms with E-state index in [2.05, 4.69) is 6.58 Å². The van der Waals surface area contributed by atoms with Gasteiger partial charge in [-0.15, -0.1) is 0 Å². The average Bonchev–Trinajstić information content (AvgIpc) is 2.83. The average molecular weight is 463 g/mol. The van der Waals surface area contributed by atoms with E-state index in [0.717, 1.165) is 0 Å². The van der Waals surface area contributed by atoms with Crippen LogP contribution in [0.25, 0.3) is 0 Å². The second-order valence-electron chi connectivity index (χ2n) is 7.00. The zero-order valence-electron chi connectivity index (χ0n) is 19.1. The standard InChI is InChI=1S/C23H29NO9/c1-6-9-33-22-16(24(27)28)10-14(11-19(22)29-2)17(25)7-8-18(26)15-12-20(30-3)23(32-5)21(13-15)31-4/h6,10-13,17-18,25-26H,1,7-9H2,2-5H3. The topological polar surface area (TPSA) is 130 Å². The number of nitrogens with zero attached hydrogens (tertiary/aromatic N) is 1. The number of nitro groups is 1. The van der Waals surface area contributed by atoms with E-state index in [1.807, 2.05) is 0 Å². The molecule has 180 valence electrons. The van der Waals surface area contributed by atoms with Crippen LogP contribution in [0.15, 0.2) is 36.9 Å². The number of hydrogen-bond acceptors (Lipinski definition) is 9. The van der Waals surface area contributed by atoms with E-state index in [1.54, 1.807) is 12.1 Å². The van der Waals surface area contributed by atoms with Gasteiger partial charge >= 0.3 is 5.69 Å². The number of rotatable bonds is 13. The molecule has 2 atom stereocenters. The Morgan fingerprint density at radius 2 is 1.33 bits per heavy atom. The molecule has 0 amide bonds. The van der Waals surface area contributed by atoms with E-state index in [9.17, 15) is 20.3 Å². The van der Waals surface area contributed by atoms with Crippen LogP contribution >= 0.6 is 0 Å². The molecule has 10 heteroatoms. The Balaban J connectivity index is 2.25. The fourth-order valence-electron chi connectivity index (χ4n) is 3.32. The molecule has 10 nitrogen and oxygen atoms in total. The molecule has 0 aromatic heterocycles. The molecular formula is C23H29NO9.